The van der Waals surface area contributed by atoms with Gasteiger partial charge in [-0.15, -0.1) is 0 Å². The van der Waals surface area contributed by atoms with Gasteiger partial charge in [-0.25, -0.2) is 4.39 Å². The van der Waals surface area contributed by atoms with E-state index in [9.17, 15) is 4.39 Å². The van der Waals surface area contributed by atoms with Crippen LogP contribution in [-0.2, 0) is 0 Å². The average Bonchev–Trinajstić information content (AvgIpc) is 2.36. The van der Waals surface area contributed by atoms with E-state index in [1.807, 2.05) is 13.8 Å². The maximum atomic E-state index is 13.2. The SMILES string of the molecule is C[C@@H](N)c1cc(F)ccc1OCCCC(C)(C)C#N. The molecule has 0 heterocycles. The molecule has 1 aromatic carbocycles. The number of rotatable bonds is 6. The van der Waals surface area contributed by atoms with Crippen molar-refractivity contribution < 1.29 is 9.13 Å². The highest BCUT2D eigenvalue weighted by Crippen LogP contribution is 2.26. The Balaban J connectivity index is 2.57. The summed E-state index contributed by atoms with van der Waals surface area (Å²) in [4.78, 5) is 0. The van der Waals surface area contributed by atoms with E-state index in [1.165, 1.54) is 12.1 Å². The molecule has 0 saturated carbocycles. The van der Waals surface area contributed by atoms with Crippen LogP contribution in [-0.4, -0.2) is 6.61 Å². The fourth-order valence-corrected chi connectivity index (χ4v) is 1.76. The summed E-state index contributed by atoms with van der Waals surface area (Å²) < 4.78 is 18.8. The van der Waals surface area contributed by atoms with Crippen LogP contribution in [0.15, 0.2) is 18.2 Å². The average molecular weight is 264 g/mol. The molecule has 4 heteroatoms. The van der Waals surface area contributed by atoms with Crippen molar-refractivity contribution in [3.8, 4) is 11.8 Å². The molecule has 3 nitrogen and oxygen atoms in total. The zero-order valence-corrected chi connectivity index (χ0v) is 11.7. The van der Waals surface area contributed by atoms with Crippen LogP contribution in [0.3, 0.4) is 0 Å². The number of ether oxygens (including phenoxy) is 1. The van der Waals surface area contributed by atoms with Gasteiger partial charge in [0.25, 0.3) is 0 Å². The lowest BCUT2D eigenvalue weighted by molar-refractivity contribution is 0.280. The number of benzene rings is 1. The van der Waals surface area contributed by atoms with Crippen LogP contribution >= 0.6 is 0 Å². The van der Waals surface area contributed by atoms with Crippen molar-refractivity contribution in [1.29, 1.82) is 5.26 Å². The number of halogens is 1. The van der Waals surface area contributed by atoms with Crippen LogP contribution in [0, 0.1) is 22.6 Å². The molecule has 1 rings (SSSR count). The Morgan fingerprint density at radius 1 is 1.47 bits per heavy atom. The molecular formula is C15H21FN2O. The molecule has 0 bridgehead atoms. The molecule has 0 amide bonds. The van der Waals surface area contributed by atoms with Crippen LogP contribution in [0.1, 0.15) is 45.2 Å². The second kappa shape index (κ2) is 6.53. The van der Waals surface area contributed by atoms with Gasteiger partial charge in [0.15, 0.2) is 0 Å². The summed E-state index contributed by atoms with van der Waals surface area (Å²) in [5, 5.41) is 8.91. The molecule has 0 aliphatic heterocycles. The molecular weight excluding hydrogens is 243 g/mol. The Morgan fingerprint density at radius 3 is 2.74 bits per heavy atom. The molecule has 0 aliphatic rings. The number of hydrogen-bond donors (Lipinski definition) is 1. The van der Waals surface area contributed by atoms with Crippen molar-refractivity contribution in [1.82, 2.24) is 0 Å². The first-order chi connectivity index (χ1) is 8.85. The van der Waals surface area contributed by atoms with Crippen LogP contribution in [0.2, 0.25) is 0 Å². The minimum absolute atomic E-state index is 0.277. The monoisotopic (exact) mass is 264 g/mol. The predicted octanol–water partition coefficient (Wildman–Crippen LogP) is 3.55. The van der Waals surface area contributed by atoms with Crippen LogP contribution in [0.5, 0.6) is 5.75 Å². The van der Waals surface area contributed by atoms with E-state index in [0.29, 0.717) is 17.9 Å². The zero-order chi connectivity index (χ0) is 14.5. The first-order valence-electron chi connectivity index (χ1n) is 6.45. The van der Waals surface area contributed by atoms with Crippen LogP contribution < -0.4 is 10.5 Å². The highest BCUT2D eigenvalue weighted by atomic mass is 19.1. The molecule has 2 N–H and O–H groups in total. The van der Waals surface area contributed by atoms with Crippen molar-refractivity contribution in [2.75, 3.05) is 6.61 Å². The van der Waals surface area contributed by atoms with Crippen LogP contribution in [0.25, 0.3) is 0 Å². The first-order valence-corrected chi connectivity index (χ1v) is 6.45. The molecule has 0 saturated heterocycles. The number of nitrogens with zero attached hydrogens (tertiary/aromatic N) is 1. The summed E-state index contributed by atoms with van der Waals surface area (Å²) in [6.07, 6.45) is 1.54. The lowest BCUT2D eigenvalue weighted by atomic mass is 9.90. The number of nitrogens with two attached hydrogens (primary N) is 1. The Kier molecular flexibility index (Phi) is 5.31. The van der Waals surface area contributed by atoms with E-state index in [2.05, 4.69) is 6.07 Å². The van der Waals surface area contributed by atoms with Gasteiger partial charge in [0.1, 0.15) is 11.6 Å². The van der Waals surface area contributed by atoms with E-state index >= 15 is 0 Å². The Bertz CT molecular complexity index is 464. The van der Waals surface area contributed by atoms with Crippen molar-refractivity contribution in [3.63, 3.8) is 0 Å². The highest BCUT2D eigenvalue weighted by Gasteiger charge is 2.16. The quantitative estimate of drug-likeness (QED) is 0.799. The summed E-state index contributed by atoms with van der Waals surface area (Å²) in [7, 11) is 0. The summed E-state index contributed by atoms with van der Waals surface area (Å²) in [6, 6.07) is 6.34. The molecule has 0 aliphatic carbocycles. The second-order valence-corrected chi connectivity index (χ2v) is 5.42. The van der Waals surface area contributed by atoms with Gasteiger partial charge >= 0.3 is 0 Å². The van der Waals surface area contributed by atoms with Gasteiger partial charge in [0, 0.05) is 11.6 Å². The van der Waals surface area contributed by atoms with Crippen molar-refractivity contribution in [2.45, 2.75) is 39.7 Å². The molecule has 0 fully saturated rings. The standard InChI is InChI=1S/C15H21FN2O/c1-11(18)13-9-12(16)5-6-14(13)19-8-4-7-15(2,3)10-17/h5-6,9,11H,4,7-8,18H2,1-3H3/t11-/m1/s1. The topological polar surface area (TPSA) is 59.0 Å². The van der Waals surface area contributed by atoms with Gasteiger partial charge in [-0.1, -0.05) is 0 Å². The predicted molar refractivity (Wildman–Crippen MR) is 73.1 cm³/mol. The maximum Gasteiger partial charge on any atom is 0.124 e. The summed E-state index contributed by atoms with van der Waals surface area (Å²) in [6.45, 7) is 6.09. The van der Waals surface area contributed by atoms with Crippen molar-refractivity contribution in [2.24, 2.45) is 11.1 Å². The van der Waals surface area contributed by atoms with E-state index in [-0.39, 0.29) is 17.3 Å². The van der Waals surface area contributed by atoms with E-state index < -0.39 is 0 Å². The van der Waals surface area contributed by atoms with Crippen molar-refractivity contribution >= 4 is 0 Å². The highest BCUT2D eigenvalue weighted by molar-refractivity contribution is 5.36. The fourth-order valence-electron chi connectivity index (χ4n) is 1.76. The van der Waals surface area contributed by atoms with Gasteiger partial charge in [-0.2, -0.15) is 5.26 Å². The third-order valence-corrected chi connectivity index (χ3v) is 2.97. The summed E-state index contributed by atoms with van der Waals surface area (Å²) in [5.41, 5.74) is 6.12. The normalized spacial score (nSPS) is 12.8. The van der Waals surface area contributed by atoms with Crippen molar-refractivity contribution in [3.05, 3.63) is 29.6 Å². The van der Waals surface area contributed by atoms with E-state index in [4.69, 9.17) is 15.7 Å². The van der Waals surface area contributed by atoms with Crippen LogP contribution in [0.4, 0.5) is 4.39 Å². The molecule has 0 aromatic heterocycles. The molecule has 0 unspecified atom stereocenters. The van der Waals surface area contributed by atoms with Gasteiger partial charge in [0.05, 0.1) is 18.1 Å². The maximum absolute atomic E-state index is 13.2. The van der Waals surface area contributed by atoms with E-state index in [1.54, 1.807) is 13.0 Å². The summed E-state index contributed by atoms with van der Waals surface area (Å²) in [5.74, 6) is 0.302. The third kappa shape index (κ3) is 4.88. The Labute approximate surface area is 114 Å². The van der Waals surface area contributed by atoms with Gasteiger partial charge < -0.3 is 10.5 Å². The molecule has 1 aromatic rings. The Hall–Kier alpha value is -1.60. The third-order valence-electron chi connectivity index (χ3n) is 2.97. The number of nitriles is 1. The zero-order valence-electron chi connectivity index (χ0n) is 11.7. The lowest BCUT2D eigenvalue weighted by Gasteiger charge is -2.17. The molecule has 0 radical (unpaired) electrons. The van der Waals surface area contributed by atoms with Gasteiger partial charge in [0.2, 0.25) is 0 Å². The van der Waals surface area contributed by atoms with E-state index in [0.717, 1.165) is 12.8 Å². The fraction of sp³-hybridized carbons (Fsp3) is 0.533. The second-order valence-electron chi connectivity index (χ2n) is 5.42. The molecule has 0 spiro atoms. The minimum Gasteiger partial charge on any atom is -0.493 e. The smallest absolute Gasteiger partial charge is 0.124 e. The number of hydrogen-bond acceptors (Lipinski definition) is 3. The molecule has 104 valence electrons. The first kappa shape index (κ1) is 15.5. The lowest BCUT2D eigenvalue weighted by Crippen LogP contribution is -2.12. The van der Waals surface area contributed by atoms with Gasteiger partial charge in [-0.05, 0) is 51.8 Å². The molecule has 19 heavy (non-hydrogen) atoms. The molecule has 1 atom stereocenters. The minimum atomic E-state index is -0.337. The Morgan fingerprint density at radius 2 is 2.16 bits per heavy atom. The van der Waals surface area contributed by atoms with Gasteiger partial charge in [-0.3, -0.25) is 0 Å². The summed E-state index contributed by atoms with van der Waals surface area (Å²) >= 11 is 0. The largest absolute Gasteiger partial charge is 0.493 e.